The van der Waals surface area contributed by atoms with E-state index in [9.17, 15) is 4.79 Å². The molecule has 0 spiro atoms. The van der Waals surface area contributed by atoms with E-state index >= 15 is 0 Å². The first-order chi connectivity index (χ1) is 11.9. The van der Waals surface area contributed by atoms with Crippen LogP contribution in [0.25, 0.3) is 12.2 Å². The van der Waals surface area contributed by atoms with Crippen molar-refractivity contribution in [1.82, 2.24) is 0 Å². The number of hydrogen-bond acceptors (Lipinski definition) is 3. The summed E-state index contributed by atoms with van der Waals surface area (Å²) in [5, 5.41) is 0.631. The lowest BCUT2D eigenvalue weighted by molar-refractivity contribution is 0.103. The molecule has 2 aromatic rings. The van der Waals surface area contributed by atoms with Crippen LogP contribution in [0, 0.1) is 0 Å². The van der Waals surface area contributed by atoms with E-state index in [-0.39, 0.29) is 5.78 Å². The van der Waals surface area contributed by atoms with Crippen LogP contribution in [0.2, 0.25) is 5.02 Å². The van der Waals surface area contributed by atoms with Crippen LogP contribution in [-0.4, -0.2) is 18.5 Å². The average Bonchev–Trinajstić information content (AvgIpc) is 2.58. The molecule has 0 atom stereocenters. The second kappa shape index (κ2) is 6.77. The van der Waals surface area contributed by atoms with Crippen molar-refractivity contribution in [2.45, 2.75) is 19.4 Å². The quantitative estimate of drug-likeness (QED) is 0.542. The van der Waals surface area contributed by atoms with Gasteiger partial charge in [-0.1, -0.05) is 29.8 Å². The highest BCUT2D eigenvalue weighted by atomic mass is 35.5. The van der Waals surface area contributed by atoms with Gasteiger partial charge >= 0.3 is 0 Å². The standard InChI is InChI=1S/C21H19ClO3/c1-21(2)12-11-17-19(24-3)10-8-16(20(17)25-21)18(23)9-7-14-5-4-6-15(22)13-14/h4-13H,1-3H3/b9-7+. The first-order valence-corrected chi connectivity index (χ1v) is 8.35. The number of benzene rings is 2. The summed E-state index contributed by atoms with van der Waals surface area (Å²) in [6.45, 7) is 3.89. The predicted molar refractivity (Wildman–Crippen MR) is 102 cm³/mol. The zero-order chi connectivity index (χ0) is 18.0. The second-order valence-electron chi connectivity index (χ2n) is 6.35. The lowest BCUT2D eigenvalue weighted by atomic mass is 9.97. The van der Waals surface area contributed by atoms with Gasteiger partial charge in [-0.25, -0.2) is 0 Å². The summed E-state index contributed by atoms with van der Waals surface area (Å²) >= 11 is 5.98. The van der Waals surface area contributed by atoms with Gasteiger partial charge in [0.1, 0.15) is 17.1 Å². The average molecular weight is 355 g/mol. The predicted octanol–water partition coefficient (Wildman–Crippen LogP) is 5.43. The third-order valence-corrected chi connectivity index (χ3v) is 4.17. The number of methoxy groups -OCH3 is 1. The third-order valence-electron chi connectivity index (χ3n) is 3.93. The van der Waals surface area contributed by atoms with Crippen molar-refractivity contribution in [1.29, 1.82) is 0 Å². The molecule has 1 heterocycles. The summed E-state index contributed by atoms with van der Waals surface area (Å²) in [6, 6.07) is 10.8. The molecule has 0 fully saturated rings. The molecule has 0 N–H and O–H groups in total. The number of carbonyl (C=O) groups is 1. The van der Waals surface area contributed by atoms with Gasteiger partial charge in [-0.2, -0.15) is 0 Å². The normalized spacial score (nSPS) is 14.9. The van der Waals surface area contributed by atoms with Crippen LogP contribution in [-0.2, 0) is 0 Å². The summed E-state index contributed by atoms with van der Waals surface area (Å²) in [6.07, 6.45) is 7.17. The molecule has 2 aromatic carbocycles. The van der Waals surface area contributed by atoms with Crippen molar-refractivity contribution in [3.63, 3.8) is 0 Å². The Bertz CT molecular complexity index is 879. The van der Waals surface area contributed by atoms with Gasteiger partial charge in [0.05, 0.1) is 18.2 Å². The molecule has 0 radical (unpaired) electrons. The fourth-order valence-corrected chi connectivity index (χ4v) is 2.87. The Balaban J connectivity index is 1.97. The summed E-state index contributed by atoms with van der Waals surface area (Å²) in [5.41, 5.74) is 1.67. The van der Waals surface area contributed by atoms with E-state index in [2.05, 4.69) is 0 Å². The monoisotopic (exact) mass is 354 g/mol. The van der Waals surface area contributed by atoms with Crippen molar-refractivity contribution in [3.05, 3.63) is 70.3 Å². The van der Waals surface area contributed by atoms with Crippen molar-refractivity contribution < 1.29 is 14.3 Å². The van der Waals surface area contributed by atoms with E-state index in [4.69, 9.17) is 21.1 Å². The minimum absolute atomic E-state index is 0.134. The SMILES string of the molecule is COc1ccc(C(=O)/C=C/c2cccc(Cl)c2)c2c1C=CC(C)(C)O2. The molecular weight excluding hydrogens is 336 g/mol. The van der Waals surface area contributed by atoms with Crippen molar-refractivity contribution in [3.8, 4) is 11.5 Å². The molecule has 0 saturated carbocycles. The fourth-order valence-electron chi connectivity index (χ4n) is 2.67. The fraction of sp³-hybridized carbons (Fsp3) is 0.190. The maximum Gasteiger partial charge on any atom is 0.189 e. The van der Waals surface area contributed by atoms with Gasteiger partial charge in [0, 0.05) is 5.02 Å². The van der Waals surface area contributed by atoms with Crippen LogP contribution in [0.4, 0.5) is 0 Å². The Morgan fingerprint density at radius 1 is 1.24 bits per heavy atom. The summed E-state index contributed by atoms with van der Waals surface area (Å²) in [7, 11) is 1.60. The van der Waals surface area contributed by atoms with Crippen molar-refractivity contribution in [2.75, 3.05) is 7.11 Å². The van der Waals surface area contributed by atoms with Gasteiger partial charge in [-0.05, 0) is 61.9 Å². The zero-order valence-corrected chi connectivity index (χ0v) is 15.1. The lowest BCUT2D eigenvalue weighted by Crippen LogP contribution is -2.28. The molecule has 1 aliphatic rings. The van der Waals surface area contributed by atoms with Gasteiger partial charge in [-0.3, -0.25) is 4.79 Å². The molecule has 1 aliphatic heterocycles. The number of carbonyl (C=O) groups excluding carboxylic acids is 1. The Kier molecular flexibility index (Phi) is 4.69. The number of ether oxygens (including phenoxy) is 2. The van der Waals surface area contributed by atoms with Gasteiger partial charge in [0.25, 0.3) is 0 Å². The molecular formula is C21H19ClO3. The Labute approximate surface area is 152 Å². The smallest absolute Gasteiger partial charge is 0.189 e. The first-order valence-electron chi connectivity index (χ1n) is 7.97. The van der Waals surface area contributed by atoms with E-state index in [0.29, 0.717) is 22.1 Å². The Morgan fingerprint density at radius 2 is 2.04 bits per heavy atom. The van der Waals surface area contributed by atoms with Gasteiger partial charge in [0.2, 0.25) is 0 Å². The van der Waals surface area contributed by atoms with E-state index in [0.717, 1.165) is 11.1 Å². The van der Waals surface area contributed by atoms with Crippen LogP contribution in [0.15, 0.2) is 48.6 Å². The van der Waals surface area contributed by atoms with Crippen LogP contribution in [0.3, 0.4) is 0 Å². The van der Waals surface area contributed by atoms with E-state index in [1.54, 1.807) is 37.5 Å². The number of allylic oxidation sites excluding steroid dienone is 1. The molecule has 0 amide bonds. The highest BCUT2D eigenvalue weighted by Gasteiger charge is 2.27. The molecule has 25 heavy (non-hydrogen) atoms. The highest BCUT2D eigenvalue weighted by molar-refractivity contribution is 6.30. The summed E-state index contributed by atoms with van der Waals surface area (Å²) < 4.78 is 11.4. The summed E-state index contributed by atoms with van der Waals surface area (Å²) in [4.78, 5) is 12.7. The number of fused-ring (bicyclic) bond motifs is 1. The van der Waals surface area contributed by atoms with E-state index in [1.807, 2.05) is 38.1 Å². The first kappa shape index (κ1) is 17.3. The Morgan fingerprint density at radius 3 is 2.76 bits per heavy atom. The number of ketones is 1. The summed E-state index contributed by atoms with van der Waals surface area (Å²) in [5.74, 6) is 1.09. The van der Waals surface area contributed by atoms with Gasteiger partial charge in [-0.15, -0.1) is 0 Å². The number of halogens is 1. The van der Waals surface area contributed by atoms with Gasteiger partial charge < -0.3 is 9.47 Å². The molecule has 3 nitrogen and oxygen atoms in total. The van der Waals surface area contributed by atoms with Crippen LogP contribution >= 0.6 is 11.6 Å². The van der Waals surface area contributed by atoms with Crippen molar-refractivity contribution in [2.24, 2.45) is 0 Å². The van der Waals surface area contributed by atoms with Gasteiger partial charge in [0.15, 0.2) is 5.78 Å². The molecule has 0 unspecified atom stereocenters. The molecule has 0 bridgehead atoms. The molecule has 128 valence electrons. The Hall–Kier alpha value is -2.52. The van der Waals surface area contributed by atoms with Crippen LogP contribution < -0.4 is 9.47 Å². The topological polar surface area (TPSA) is 35.5 Å². The highest BCUT2D eigenvalue weighted by Crippen LogP contribution is 2.39. The second-order valence-corrected chi connectivity index (χ2v) is 6.79. The molecule has 4 heteroatoms. The lowest BCUT2D eigenvalue weighted by Gasteiger charge is -2.29. The molecule has 0 aromatic heterocycles. The maximum atomic E-state index is 12.7. The van der Waals surface area contributed by atoms with Crippen LogP contribution in [0.1, 0.15) is 35.3 Å². The number of rotatable bonds is 4. The minimum Gasteiger partial charge on any atom is -0.496 e. The molecule has 3 rings (SSSR count). The van der Waals surface area contributed by atoms with E-state index in [1.165, 1.54) is 6.08 Å². The maximum absolute atomic E-state index is 12.7. The zero-order valence-electron chi connectivity index (χ0n) is 14.4. The van der Waals surface area contributed by atoms with Crippen LogP contribution in [0.5, 0.6) is 11.5 Å². The van der Waals surface area contributed by atoms with E-state index < -0.39 is 5.60 Å². The third kappa shape index (κ3) is 3.77. The minimum atomic E-state index is -0.481. The largest absolute Gasteiger partial charge is 0.496 e. The van der Waals surface area contributed by atoms with Crippen molar-refractivity contribution >= 4 is 29.5 Å². The molecule has 0 saturated heterocycles. The molecule has 0 aliphatic carbocycles. The number of hydrogen-bond donors (Lipinski definition) is 0.